The second-order valence-corrected chi connectivity index (χ2v) is 6.33. The molecule has 1 aromatic heterocycles. The molecule has 0 unspecified atom stereocenters. The summed E-state index contributed by atoms with van der Waals surface area (Å²) in [6.07, 6.45) is 2.35. The molecule has 128 valence electrons. The molecule has 1 N–H and O–H groups in total. The van der Waals surface area contributed by atoms with Crippen LogP contribution < -0.4 is 5.32 Å². The molecule has 0 bridgehead atoms. The number of hydrogen-bond acceptors (Lipinski definition) is 4. The summed E-state index contributed by atoms with van der Waals surface area (Å²) in [7, 11) is 0. The molecule has 0 aliphatic carbocycles. The van der Waals surface area contributed by atoms with Gasteiger partial charge in [0.15, 0.2) is 5.13 Å². The van der Waals surface area contributed by atoms with E-state index in [4.69, 9.17) is 0 Å². The average molecular weight is 345 g/mol. The zero-order chi connectivity index (χ0) is 17.4. The van der Waals surface area contributed by atoms with E-state index in [0.717, 1.165) is 19.4 Å². The quantitative estimate of drug-likeness (QED) is 0.795. The fraction of sp³-hybridized carbons (Fsp3) is 0.389. The highest BCUT2D eigenvalue weighted by Gasteiger charge is 2.15. The van der Waals surface area contributed by atoms with E-state index in [2.05, 4.69) is 17.2 Å². The molecule has 0 fully saturated rings. The van der Waals surface area contributed by atoms with Gasteiger partial charge in [-0.3, -0.25) is 14.9 Å². The molecule has 0 aliphatic rings. The van der Waals surface area contributed by atoms with E-state index in [9.17, 15) is 9.59 Å². The van der Waals surface area contributed by atoms with Crippen LogP contribution in [0.1, 0.15) is 42.7 Å². The predicted molar refractivity (Wildman–Crippen MR) is 97.4 cm³/mol. The highest BCUT2D eigenvalue weighted by Crippen LogP contribution is 2.17. The second kappa shape index (κ2) is 9.17. The number of carbonyl (C=O) groups excluding carboxylic acids is 2. The number of thiazole rings is 1. The number of nitrogens with zero attached hydrogens (tertiary/aromatic N) is 2. The number of rotatable bonds is 8. The van der Waals surface area contributed by atoms with Gasteiger partial charge in [0.2, 0.25) is 5.91 Å². The number of nitrogens with one attached hydrogen (secondary N) is 1. The van der Waals surface area contributed by atoms with Gasteiger partial charge >= 0.3 is 0 Å². The molecule has 0 radical (unpaired) electrons. The Bertz CT molecular complexity index is 670. The Balaban J connectivity index is 1.93. The number of hydrogen-bond donors (Lipinski definition) is 1. The molecular weight excluding hydrogens is 322 g/mol. The molecule has 0 saturated heterocycles. The fourth-order valence-corrected chi connectivity index (χ4v) is 2.98. The summed E-state index contributed by atoms with van der Waals surface area (Å²) in [6, 6.07) is 9.00. The third-order valence-corrected chi connectivity index (χ3v) is 4.46. The molecule has 24 heavy (non-hydrogen) atoms. The minimum absolute atomic E-state index is 0.0807. The number of amides is 2. The van der Waals surface area contributed by atoms with E-state index >= 15 is 0 Å². The first-order valence-electron chi connectivity index (χ1n) is 8.22. The second-order valence-electron chi connectivity index (χ2n) is 5.47. The maximum atomic E-state index is 12.3. The molecule has 2 rings (SSSR count). The van der Waals surface area contributed by atoms with Gasteiger partial charge in [-0.05, 0) is 25.5 Å². The molecule has 0 aliphatic heterocycles. The summed E-state index contributed by atoms with van der Waals surface area (Å²) < 4.78 is 0. The highest BCUT2D eigenvalue weighted by atomic mass is 32.1. The van der Waals surface area contributed by atoms with Crippen LogP contribution in [0.2, 0.25) is 0 Å². The number of benzene rings is 1. The van der Waals surface area contributed by atoms with E-state index < -0.39 is 0 Å². The first kappa shape index (κ1) is 18.1. The van der Waals surface area contributed by atoms with Crippen molar-refractivity contribution in [3.63, 3.8) is 0 Å². The van der Waals surface area contributed by atoms with Crippen molar-refractivity contribution in [1.82, 2.24) is 9.88 Å². The van der Waals surface area contributed by atoms with Gasteiger partial charge < -0.3 is 4.90 Å². The van der Waals surface area contributed by atoms with Gasteiger partial charge in [0.1, 0.15) is 0 Å². The lowest BCUT2D eigenvalue weighted by molar-refractivity contribution is -0.130. The van der Waals surface area contributed by atoms with Crippen molar-refractivity contribution in [2.75, 3.05) is 18.4 Å². The SMILES string of the molecule is CCCCN(CC)C(=O)Cc1csc(NC(=O)c2ccccc2)n1. The molecule has 2 aromatic rings. The topological polar surface area (TPSA) is 62.3 Å². The molecular formula is C18H23N3O2S. The summed E-state index contributed by atoms with van der Waals surface area (Å²) >= 11 is 1.34. The Morgan fingerprint density at radius 1 is 1.21 bits per heavy atom. The Kier molecular flexibility index (Phi) is 6.93. The summed E-state index contributed by atoms with van der Waals surface area (Å²) in [6.45, 7) is 5.59. The van der Waals surface area contributed by atoms with Crippen LogP contribution >= 0.6 is 11.3 Å². The molecule has 1 aromatic carbocycles. The number of carbonyl (C=O) groups is 2. The summed E-state index contributed by atoms with van der Waals surface area (Å²) in [4.78, 5) is 30.6. The first-order valence-corrected chi connectivity index (χ1v) is 9.10. The van der Waals surface area contributed by atoms with E-state index in [1.807, 2.05) is 35.4 Å². The van der Waals surface area contributed by atoms with Crippen LogP contribution in [0.3, 0.4) is 0 Å². The third kappa shape index (κ3) is 5.16. The van der Waals surface area contributed by atoms with Gasteiger partial charge in [-0.25, -0.2) is 4.98 Å². The number of anilines is 1. The lowest BCUT2D eigenvalue weighted by atomic mass is 10.2. The first-order chi connectivity index (χ1) is 11.6. The Morgan fingerprint density at radius 3 is 2.62 bits per heavy atom. The minimum Gasteiger partial charge on any atom is -0.343 e. The number of likely N-dealkylation sites (N-methyl/N-ethyl adjacent to an activating group) is 1. The van der Waals surface area contributed by atoms with Gasteiger partial charge in [0.05, 0.1) is 12.1 Å². The molecule has 2 amide bonds. The standard InChI is InChI=1S/C18H23N3O2S/c1-3-5-11-21(4-2)16(22)12-15-13-24-18(19-15)20-17(23)14-9-7-6-8-10-14/h6-10,13H,3-5,11-12H2,1-2H3,(H,19,20,23). The molecule has 1 heterocycles. The van der Waals surface area contributed by atoms with Gasteiger partial charge in [0.25, 0.3) is 5.91 Å². The van der Waals surface area contributed by atoms with Crippen molar-refractivity contribution in [3.8, 4) is 0 Å². The number of aromatic nitrogens is 1. The number of unbranched alkanes of at least 4 members (excludes halogenated alkanes) is 1. The van der Waals surface area contributed by atoms with Crippen molar-refractivity contribution in [2.45, 2.75) is 33.1 Å². The van der Waals surface area contributed by atoms with Crippen LogP contribution in [0, 0.1) is 0 Å². The van der Waals surface area contributed by atoms with Crippen LogP contribution in [0.15, 0.2) is 35.7 Å². The van der Waals surface area contributed by atoms with Gasteiger partial charge in [0, 0.05) is 24.0 Å². The largest absolute Gasteiger partial charge is 0.343 e. The van der Waals surface area contributed by atoms with Crippen LogP contribution in [0.5, 0.6) is 0 Å². The average Bonchev–Trinajstić information content (AvgIpc) is 3.03. The fourth-order valence-electron chi connectivity index (χ4n) is 2.28. The van der Waals surface area contributed by atoms with Crippen LogP contribution in [0.4, 0.5) is 5.13 Å². The smallest absolute Gasteiger partial charge is 0.257 e. The Morgan fingerprint density at radius 2 is 1.96 bits per heavy atom. The zero-order valence-electron chi connectivity index (χ0n) is 14.1. The van der Waals surface area contributed by atoms with Crippen molar-refractivity contribution in [1.29, 1.82) is 0 Å². The van der Waals surface area contributed by atoms with E-state index in [-0.39, 0.29) is 18.2 Å². The monoisotopic (exact) mass is 345 g/mol. The molecule has 0 saturated carbocycles. The van der Waals surface area contributed by atoms with Crippen LogP contribution in [-0.2, 0) is 11.2 Å². The molecule has 0 atom stereocenters. The molecule has 6 heteroatoms. The van der Waals surface area contributed by atoms with Crippen LogP contribution in [0.25, 0.3) is 0 Å². The van der Waals surface area contributed by atoms with E-state index in [0.29, 0.717) is 22.9 Å². The Labute approximate surface area is 146 Å². The minimum atomic E-state index is -0.194. The third-order valence-electron chi connectivity index (χ3n) is 3.66. The zero-order valence-corrected chi connectivity index (χ0v) is 14.9. The van der Waals surface area contributed by atoms with Gasteiger partial charge in [-0.1, -0.05) is 31.5 Å². The summed E-state index contributed by atoms with van der Waals surface area (Å²) in [5.74, 6) is -0.113. The molecule has 5 nitrogen and oxygen atoms in total. The van der Waals surface area contributed by atoms with Gasteiger partial charge in [-0.2, -0.15) is 0 Å². The van der Waals surface area contributed by atoms with E-state index in [1.54, 1.807) is 12.1 Å². The van der Waals surface area contributed by atoms with Crippen molar-refractivity contribution in [2.24, 2.45) is 0 Å². The van der Waals surface area contributed by atoms with E-state index in [1.165, 1.54) is 11.3 Å². The van der Waals surface area contributed by atoms with Crippen molar-refractivity contribution < 1.29 is 9.59 Å². The maximum Gasteiger partial charge on any atom is 0.257 e. The Hall–Kier alpha value is -2.21. The lowest BCUT2D eigenvalue weighted by Gasteiger charge is -2.20. The van der Waals surface area contributed by atoms with Gasteiger partial charge in [-0.15, -0.1) is 11.3 Å². The lowest BCUT2D eigenvalue weighted by Crippen LogP contribution is -2.33. The summed E-state index contributed by atoms with van der Waals surface area (Å²) in [5.41, 5.74) is 1.28. The maximum absolute atomic E-state index is 12.3. The highest BCUT2D eigenvalue weighted by molar-refractivity contribution is 7.14. The van der Waals surface area contributed by atoms with Crippen LogP contribution in [-0.4, -0.2) is 34.8 Å². The predicted octanol–water partition coefficient (Wildman–Crippen LogP) is 3.59. The van der Waals surface area contributed by atoms with Crippen molar-refractivity contribution >= 4 is 28.3 Å². The molecule has 0 spiro atoms. The summed E-state index contributed by atoms with van der Waals surface area (Å²) in [5, 5.41) is 5.12. The van der Waals surface area contributed by atoms with Crippen molar-refractivity contribution in [3.05, 3.63) is 47.0 Å². The normalized spacial score (nSPS) is 10.4.